The van der Waals surface area contributed by atoms with Crippen LogP contribution in [0.3, 0.4) is 0 Å². The SMILES string of the molecule is CC(Nc1c(F)cc(F)cc1F)c1ccc(C(=O)O)o1. The number of carbonyl (C=O) groups is 1. The Hall–Kier alpha value is -2.44. The maximum Gasteiger partial charge on any atom is 0.371 e. The number of benzene rings is 1. The van der Waals surface area contributed by atoms with E-state index < -0.39 is 35.2 Å². The van der Waals surface area contributed by atoms with Crippen LogP contribution < -0.4 is 5.32 Å². The Bertz CT molecular complexity index is 631. The summed E-state index contributed by atoms with van der Waals surface area (Å²) in [5.41, 5.74) is -0.507. The van der Waals surface area contributed by atoms with Crippen LogP contribution >= 0.6 is 0 Å². The average molecular weight is 285 g/mol. The van der Waals surface area contributed by atoms with Crippen molar-refractivity contribution >= 4 is 11.7 Å². The van der Waals surface area contributed by atoms with Crippen molar-refractivity contribution < 1.29 is 27.5 Å². The van der Waals surface area contributed by atoms with Crippen molar-refractivity contribution in [3.05, 3.63) is 53.2 Å². The van der Waals surface area contributed by atoms with Gasteiger partial charge in [-0.05, 0) is 19.1 Å². The summed E-state index contributed by atoms with van der Waals surface area (Å²) >= 11 is 0. The molecule has 1 aromatic heterocycles. The Kier molecular flexibility index (Phi) is 3.69. The van der Waals surface area contributed by atoms with E-state index in [1.165, 1.54) is 19.1 Å². The van der Waals surface area contributed by atoms with Crippen LogP contribution in [-0.4, -0.2) is 11.1 Å². The van der Waals surface area contributed by atoms with Gasteiger partial charge in [0.2, 0.25) is 5.76 Å². The highest BCUT2D eigenvalue weighted by molar-refractivity contribution is 5.84. The summed E-state index contributed by atoms with van der Waals surface area (Å²) in [4.78, 5) is 10.7. The normalized spacial score (nSPS) is 12.2. The molecule has 1 aromatic carbocycles. The van der Waals surface area contributed by atoms with Crippen LogP contribution in [0, 0.1) is 17.5 Å². The van der Waals surface area contributed by atoms with Gasteiger partial charge in [-0.1, -0.05) is 0 Å². The molecule has 0 spiro atoms. The van der Waals surface area contributed by atoms with E-state index in [4.69, 9.17) is 9.52 Å². The molecule has 2 aromatic rings. The van der Waals surface area contributed by atoms with Crippen molar-refractivity contribution in [1.29, 1.82) is 0 Å². The first-order valence-electron chi connectivity index (χ1n) is 5.62. The van der Waals surface area contributed by atoms with Gasteiger partial charge in [-0.3, -0.25) is 0 Å². The quantitative estimate of drug-likeness (QED) is 0.901. The highest BCUT2D eigenvalue weighted by atomic mass is 19.1. The first kappa shape index (κ1) is 14.0. The van der Waals surface area contributed by atoms with Crippen molar-refractivity contribution in [3.8, 4) is 0 Å². The van der Waals surface area contributed by atoms with Crippen molar-refractivity contribution in [3.63, 3.8) is 0 Å². The Labute approximate surface area is 111 Å². The van der Waals surface area contributed by atoms with Gasteiger partial charge in [-0.15, -0.1) is 0 Å². The smallest absolute Gasteiger partial charge is 0.371 e. The predicted octanol–water partition coefficient (Wildman–Crippen LogP) is 3.57. The summed E-state index contributed by atoms with van der Waals surface area (Å²) in [7, 11) is 0. The molecule has 0 radical (unpaired) electrons. The average Bonchev–Trinajstić information content (AvgIpc) is 2.83. The molecule has 0 aliphatic rings. The Morgan fingerprint density at radius 2 is 1.85 bits per heavy atom. The summed E-state index contributed by atoms with van der Waals surface area (Å²) in [6.07, 6.45) is 0. The second kappa shape index (κ2) is 5.28. The van der Waals surface area contributed by atoms with E-state index >= 15 is 0 Å². The molecule has 4 nitrogen and oxygen atoms in total. The van der Waals surface area contributed by atoms with Crippen molar-refractivity contribution in [2.45, 2.75) is 13.0 Å². The monoisotopic (exact) mass is 285 g/mol. The molecule has 20 heavy (non-hydrogen) atoms. The number of carboxylic acids is 1. The van der Waals surface area contributed by atoms with Gasteiger partial charge in [-0.2, -0.15) is 0 Å². The van der Waals surface area contributed by atoms with E-state index in [1.54, 1.807) is 0 Å². The molecule has 7 heteroatoms. The minimum Gasteiger partial charge on any atom is -0.475 e. The number of hydrogen-bond acceptors (Lipinski definition) is 3. The molecule has 0 saturated heterocycles. The molecule has 0 fully saturated rings. The number of nitrogens with one attached hydrogen (secondary N) is 1. The number of halogens is 3. The molecule has 1 unspecified atom stereocenters. The zero-order chi connectivity index (χ0) is 14.9. The minimum atomic E-state index is -1.25. The highest BCUT2D eigenvalue weighted by Gasteiger charge is 2.18. The minimum absolute atomic E-state index is 0.186. The molecule has 0 amide bonds. The van der Waals surface area contributed by atoms with E-state index in [0.717, 1.165) is 0 Å². The van der Waals surface area contributed by atoms with Gasteiger partial charge in [0.05, 0.1) is 6.04 Å². The summed E-state index contributed by atoms with van der Waals surface area (Å²) in [6.45, 7) is 1.52. The van der Waals surface area contributed by atoms with Gasteiger partial charge in [0.15, 0.2) is 11.6 Å². The van der Waals surface area contributed by atoms with Crippen molar-refractivity contribution in [1.82, 2.24) is 0 Å². The summed E-state index contributed by atoms with van der Waals surface area (Å²) in [5, 5.41) is 11.2. The summed E-state index contributed by atoms with van der Waals surface area (Å²) < 4.78 is 44.7. The maximum absolute atomic E-state index is 13.5. The van der Waals surface area contributed by atoms with Crippen LogP contribution in [0.2, 0.25) is 0 Å². The van der Waals surface area contributed by atoms with E-state index in [0.29, 0.717) is 12.1 Å². The molecular weight excluding hydrogens is 275 g/mol. The molecule has 2 rings (SSSR count). The fraction of sp³-hybridized carbons (Fsp3) is 0.154. The number of rotatable bonds is 4. The molecule has 0 aliphatic carbocycles. The highest BCUT2D eigenvalue weighted by Crippen LogP contribution is 2.26. The van der Waals surface area contributed by atoms with Gasteiger partial charge in [0.25, 0.3) is 0 Å². The fourth-order valence-corrected chi connectivity index (χ4v) is 1.67. The molecule has 1 atom stereocenters. The van der Waals surface area contributed by atoms with Gasteiger partial charge in [0, 0.05) is 12.1 Å². The van der Waals surface area contributed by atoms with Gasteiger partial charge < -0.3 is 14.8 Å². The van der Waals surface area contributed by atoms with Crippen LogP contribution in [0.15, 0.2) is 28.7 Å². The van der Waals surface area contributed by atoms with Crippen LogP contribution in [-0.2, 0) is 0 Å². The van der Waals surface area contributed by atoms with Gasteiger partial charge >= 0.3 is 5.97 Å². The van der Waals surface area contributed by atoms with Crippen LogP contribution in [0.1, 0.15) is 29.3 Å². The van der Waals surface area contributed by atoms with Crippen LogP contribution in [0.25, 0.3) is 0 Å². The van der Waals surface area contributed by atoms with Crippen LogP contribution in [0.4, 0.5) is 18.9 Å². The maximum atomic E-state index is 13.5. The molecule has 1 heterocycles. The largest absolute Gasteiger partial charge is 0.475 e. The number of furan rings is 1. The van der Waals surface area contributed by atoms with E-state index in [1.807, 2.05) is 0 Å². The predicted molar refractivity (Wildman–Crippen MR) is 64.0 cm³/mol. The van der Waals surface area contributed by atoms with Crippen molar-refractivity contribution in [2.75, 3.05) is 5.32 Å². The first-order chi connectivity index (χ1) is 9.38. The third-order valence-electron chi connectivity index (χ3n) is 2.63. The van der Waals surface area contributed by atoms with Gasteiger partial charge in [0.1, 0.15) is 17.3 Å². The lowest BCUT2D eigenvalue weighted by molar-refractivity contribution is 0.0660. The molecule has 0 bridgehead atoms. The molecular formula is C13H10F3NO3. The molecule has 0 saturated carbocycles. The molecule has 0 aliphatic heterocycles. The Balaban J connectivity index is 2.23. The second-order valence-corrected chi connectivity index (χ2v) is 4.12. The molecule has 2 N–H and O–H groups in total. The van der Waals surface area contributed by atoms with E-state index in [9.17, 15) is 18.0 Å². The number of carboxylic acid groups (broad SMARTS) is 1. The lowest BCUT2D eigenvalue weighted by Crippen LogP contribution is -2.09. The Morgan fingerprint density at radius 1 is 1.25 bits per heavy atom. The zero-order valence-electron chi connectivity index (χ0n) is 10.3. The Morgan fingerprint density at radius 3 is 2.35 bits per heavy atom. The standard InChI is InChI=1S/C13H10F3NO3/c1-6(10-2-3-11(20-10)13(18)19)17-12-8(15)4-7(14)5-9(12)16/h2-6,17H,1H3,(H,18,19). The number of hydrogen-bond donors (Lipinski definition) is 2. The first-order valence-corrected chi connectivity index (χ1v) is 5.62. The van der Waals surface area contributed by atoms with Gasteiger partial charge in [-0.25, -0.2) is 18.0 Å². The summed E-state index contributed by atoms with van der Waals surface area (Å²) in [5.74, 6) is -4.54. The van der Waals surface area contributed by atoms with E-state index in [-0.39, 0.29) is 11.5 Å². The van der Waals surface area contributed by atoms with E-state index in [2.05, 4.69) is 5.32 Å². The fourth-order valence-electron chi connectivity index (χ4n) is 1.67. The van der Waals surface area contributed by atoms with Crippen LogP contribution in [0.5, 0.6) is 0 Å². The second-order valence-electron chi connectivity index (χ2n) is 4.12. The lowest BCUT2D eigenvalue weighted by atomic mass is 10.2. The third-order valence-corrected chi connectivity index (χ3v) is 2.63. The lowest BCUT2D eigenvalue weighted by Gasteiger charge is -2.14. The summed E-state index contributed by atoms with van der Waals surface area (Å²) in [6, 6.07) is 3.00. The topological polar surface area (TPSA) is 62.5 Å². The third kappa shape index (κ3) is 2.76. The number of anilines is 1. The zero-order valence-corrected chi connectivity index (χ0v) is 10.3. The number of aromatic carboxylic acids is 1. The van der Waals surface area contributed by atoms with Crippen molar-refractivity contribution in [2.24, 2.45) is 0 Å². The molecule has 106 valence electrons.